The molecule has 4 nitrogen and oxygen atoms in total. The Morgan fingerprint density at radius 1 is 1.18 bits per heavy atom. The van der Waals surface area contributed by atoms with Crippen LogP contribution < -0.4 is 5.32 Å². The van der Waals surface area contributed by atoms with Crippen LogP contribution in [-0.2, 0) is 4.79 Å². The predicted octanol–water partition coefficient (Wildman–Crippen LogP) is 4.28. The Labute approximate surface area is 143 Å². The molecule has 0 unspecified atom stereocenters. The van der Waals surface area contributed by atoms with Crippen LogP contribution in [0.4, 0.5) is 5.69 Å². The molecular formula is C16H8Br2N2O2. The van der Waals surface area contributed by atoms with Gasteiger partial charge in [-0.1, -0.05) is 6.07 Å². The van der Waals surface area contributed by atoms with E-state index in [1.807, 2.05) is 6.07 Å². The van der Waals surface area contributed by atoms with Crippen molar-refractivity contribution in [2.24, 2.45) is 0 Å². The molecule has 0 atom stereocenters. The van der Waals surface area contributed by atoms with Gasteiger partial charge in [-0.25, -0.2) is 0 Å². The Morgan fingerprint density at radius 2 is 1.86 bits per heavy atom. The first-order valence-electron chi connectivity index (χ1n) is 6.25. The number of hydrogen-bond acceptors (Lipinski definition) is 3. The summed E-state index contributed by atoms with van der Waals surface area (Å²) in [6.45, 7) is 0. The molecule has 6 heteroatoms. The first-order chi connectivity index (χ1) is 10.5. The summed E-state index contributed by atoms with van der Waals surface area (Å²) < 4.78 is 1.07. The van der Waals surface area contributed by atoms with Crippen LogP contribution in [0.25, 0.3) is 11.6 Å². The molecule has 1 aliphatic rings. The number of phenolic OH excluding ortho intramolecular Hbond substituents is 1. The molecule has 0 bridgehead atoms. The van der Waals surface area contributed by atoms with Crippen LogP contribution in [-0.4, -0.2) is 11.0 Å². The maximum Gasteiger partial charge on any atom is 0.256 e. The summed E-state index contributed by atoms with van der Waals surface area (Å²) >= 11 is 6.53. The van der Waals surface area contributed by atoms with Gasteiger partial charge in [-0.2, -0.15) is 5.26 Å². The van der Waals surface area contributed by atoms with Crippen molar-refractivity contribution in [2.75, 3.05) is 5.32 Å². The fraction of sp³-hybridized carbons (Fsp3) is 0. The monoisotopic (exact) mass is 418 g/mol. The smallest absolute Gasteiger partial charge is 0.256 e. The minimum atomic E-state index is -0.217. The second-order valence-corrected chi connectivity index (χ2v) is 6.43. The molecule has 0 spiro atoms. The Kier molecular flexibility index (Phi) is 3.77. The predicted molar refractivity (Wildman–Crippen MR) is 91.2 cm³/mol. The van der Waals surface area contributed by atoms with Crippen molar-refractivity contribution in [3.8, 4) is 11.8 Å². The number of fused-ring (bicyclic) bond motifs is 1. The summed E-state index contributed by atoms with van der Waals surface area (Å²) in [5.41, 5.74) is 3.16. The van der Waals surface area contributed by atoms with E-state index >= 15 is 0 Å². The number of carbonyl (C=O) groups excluding carboxylic acids is 1. The fourth-order valence-electron chi connectivity index (χ4n) is 2.24. The highest BCUT2D eigenvalue weighted by Gasteiger charge is 2.24. The highest BCUT2D eigenvalue weighted by molar-refractivity contribution is 9.11. The molecule has 2 aromatic rings. The van der Waals surface area contributed by atoms with Crippen molar-refractivity contribution in [1.82, 2.24) is 0 Å². The first kappa shape index (κ1) is 14.8. The second kappa shape index (κ2) is 5.59. The van der Waals surface area contributed by atoms with E-state index in [9.17, 15) is 9.90 Å². The maximum absolute atomic E-state index is 12.1. The molecule has 22 heavy (non-hydrogen) atoms. The van der Waals surface area contributed by atoms with Gasteiger partial charge < -0.3 is 10.4 Å². The fourth-order valence-corrected chi connectivity index (χ4v) is 3.46. The molecule has 0 saturated carbocycles. The van der Waals surface area contributed by atoms with E-state index in [1.54, 1.807) is 36.4 Å². The molecule has 1 heterocycles. The van der Waals surface area contributed by atoms with Gasteiger partial charge in [0.25, 0.3) is 5.91 Å². The number of nitriles is 1. The van der Waals surface area contributed by atoms with Crippen LogP contribution in [0.3, 0.4) is 0 Å². The first-order valence-corrected chi connectivity index (χ1v) is 7.84. The molecule has 0 aliphatic carbocycles. The summed E-state index contributed by atoms with van der Waals surface area (Å²) in [5, 5.41) is 21.4. The minimum absolute atomic E-state index is 0.108. The third kappa shape index (κ3) is 2.54. The largest absolute Gasteiger partial charge is 0.506 e. The molecule has 0 aromatic heterocycles. The standard InChI is InChI=1S/C16H8Br2N2O2/c17-12-4-9(5-13(18)15(12)21)3-11-10-2-1-8(7-19)6-14(10)20-16(11)22/h1-6,21H,(H,20,22)/b11-3-. The zero-order valence-electron chi connectivity index (χ0n) is 11.0. The van der Waals surface area contributed by atoms with E-state index in [1.165, 1.54) is 0 Å². The van der Waals surface area contributed by atoms with Crippen molar-refractivity contribution in [3.63, 3.8) is 0 Å². The number of halogens is 2. The molecule has 0 saturated heterocycles. The van der Waals surface area contributed by atoms with Crippen LogP contribution in [0.2, 0.25) is 0 Å². The average molecular weight is 420 g/mol. The van der Waals surface area contributed by atoms with Gasteiger partial charge in [0, 0.05) is 11.1 Å². The van der Waals surface area contributed by atoms with Crippen molar-refractivity contribution in [3.05, 3.63) is 56.0 Å². The number of benzene rings is 2. The minimum Gasteiger partial charge on any atom is -0.506 e. The van der Waals surface area contributed by atoms with E-state index in [-0.39, 0.29) is 11.7 Å². The van der Waals surface area contributed by atoms with Gasteiger partial charge in [0.05, 0.1) is 26.3 Å². The Hall–Kier alpha value is -2.10. The van der Waals surface area contributed by atoms with Crippen LogP contribution in [0.5, 0.6) is 5.75 Å². The molecular weight excluding hydrogens is 412 g/mol. The molecule has 0 radical (unpaired) electrons. The lowest BCUT2D eigenvalue weighted by Gasteiger charge is -2.04. The molecule has 1 aliphatic heterocycles. The van der Waals surface area contributed by atoms with Gasteiger partial charge in [0.15, 0.2) is 0 Å². The quantitative estimate of drug-likeness (QED) is 0.677. The normalized spacial score (nSPS) is 14.6. The number of nitrogens with one attached hydrogen (secondary N) is 1. The SMILES string of the molecule is N#Cc1ccc2c(c1)NC(=O)/C2=C\c1cc(Br)c(O)c(Br)c1. The number of carbonyl (C=O) groups is 1. The molecule has 1 amide bonds. The zero-order valence-corrected chi connectivity index (χ0v) is 14.2. The van der Waals surface area contributed by atoms with Gasteiger partial charge in [0.2, 0.25) is 0 Å². The number of amides is 1. The van der Waals surface area contributed by atoms with Crippen LogP contribution in [0.1, 0.15) is 16.7 Å². The van der Waals surface area contributed by atoms with Gasteiger partial charge in [-0.05, 0) is 67.8 Å². The number of rotatable bonds is 1. The van der Waals surface area contributed by atoms with Gasteiger partial charge in [0.1, 0.15) is 5.75 Å². The number of nitrogens with zero attached hydrogens (tertiary/aromatic N) is 1. The van der Waals surface area contributed by atoms with Gasteiger partial charge in [-0.3, -0.25) is 4.79 Å². The number of hydrogen-bond donors (Lipinski definition) is 2. The number of anilines is 1. The average Bonchev–Trinajstić information content (AvgIpc) is 2.79. The lowest BCUT2D eigenvalue weighted by Crippen LogP contribution is -2.03. The van der Waals surface area contributed by atoms with E-state index < -0.39 is 0 Å². The molecule has 2 N–H and O–H groups in total. The van der Waals surface area contributed by atoms with Crippen LogP contribution in [0, 0.1) is 11.3 Å². The van der Waals surface area contributed by atoms with Crippen molar-refractivity contribution in [2.45, 2.75) is 0 Å². The summed E-state index contributed by atoms with van der Waals surface area (Å²) in [5.74, 6) is -0.109. The summed E-state index contributed by atoms with van der Waals surface area (Å²) in [6.07, 6.45) is 1.74. The number of aromatic hydroxyl groups is 1. The lowest BCUT2D eigenvalue weighted by atomic mass is 10.0. The summed E-state index contributed by atoms with van der Waals surface area (Å²) in [7, 11) is 0. The number of phenols is 1. The van der Waals surface area contributed by atoms with Gasteiger partial charge in [-0.15, -0.1) is 0 Å². The third-order valence-electron chi connectivity index (χ3n) is 3.28. The van der Waals surface area contributed by atoms with E-state index in [2.05, 4.69) is 37.2 Å². The van der Waals surface area contributed by atoms with E-state index in [0.29, 0.717) is 25.8 Å². The van der Waals surface area contributed by atoms with E-state index in [0.717, 1.165) is 11.1 Å². The molecule has 108 valence electrons. The van der Waals surface area contributed by atoms with E-state index in [4.69, 9.17) is 5.26 Å². The molecule has 0 fully saturated rings. The Balaban J connectivity index is 2.10. The second-order valence-electron chi connectivity index (χ2n) is 4.72. The summed E-state index contributed by atoms with van der Waals surface area (Å²) in [6, 6.07) is 10.6. The third-order valence-corrected chi connectivity index (χ3v) is 4.49. The Morgan fingerprint density at radius 3 is 2.50 bits per heavy atom. The maximum atomic E-state index is 12.1. The van der Waals surface area contributed by atoms with Crippen LogP contribution >= 0.6 is 31.9 Å². The lowest BCUT2D eigenvalue weighted by molar-refractivity contribution is -0.110. The highest BCUT2D eigenvalue weighted by atomic mass is 79.9. The summed E-state index contributed by atoms with van der Waals surface area (Å²) in [4.78, 5) is 12.1. The topological polar surface area (TPSA) is 73.1 Å². The zero-order chi connectivity index (χ0) is 15.9. The van der Waals surface area contributed by atoms with Gasteiger partial charge >= 0.3 is 0 Å². The van der Waals surface area contributed by atoms with Crippen molar-refractivity contribution < 1.29 is 9.90 Å². The Bertz CT molecular complexity index is 859. The molecule has 2 aromatic carbocycles. The highest BCUT2D eigenvalue weighted by Crippen LogP contribution is 2.37. The van der Waals surface area contributed by atoms with Crippen LogP contribution in [0.15, 0.2) is 39.3 Å². The van der Waals surface area contributed by atoms with Crippen molar-refractivity contribution >= 4 is 55.1 Å². The van der Waals surface area contributed by atoms with Crippen molar-refractivity contribution in [1.29, 1.82) is 5.26 Å². The molecule has 3 rings (SSSR count).